The Morgan fingerprint density at radius 1 is 1.27 bits per heavy atom. The van der Waals surface area contributed by atoms with E-state index in [0.29, 0.717) is 0 Å². The topological polar surface area (TPSA) is 0 Å². The van der Waals surface area contributed by atoms with Gasteiger partial charge in [0.1, 0.15) is 0 Å². The van der Waals surface area contributed by atoms with Crippen molar-refractivity contribution >= 4 is 6.08 Å². The highest BCUT2D eigenvalue weighted by atomic mass is 14.1. The summed E-state index contributed by atoms with van der Waals surface area (Å²) < 4.78 is 0. The van der Waals surface area contributed by atoms with Gasteiger partial charge in [0.15, 0.2) is 0 Å². The molecule has 0 nitrogen and oxygen atoms in total. The van der Waals surface area contributed by atoms with E-state index in [1.807, 2.05) is 6.08 Å². The summed E-state index contributed by atoms with van der Waals surface area (Å²) in [7, 11) is 0. The van der Waals surface area contributed by atoms with Crippen LogP contribution in [0.25, 0.3) is 6.08 Å². The summed E-state index contributed by atoms with van der Waals surface area (Å²) in [6.07, 6.45) is 4.38. The lowest BCUT2D eigenvalue weighted by atomic mass is 9.92. The Labute approximate surface area is 94.0 Å². The smallest absolute Gasteiger partial charge is 0.0227 e. The van der Waals surface area contributed by atoms with Crippen molar-refractivity contribution in [3.05, 3.63) is 41.0 Å². The van der Waals surface area contributed by atoms with E-state index in [2.05, 4.69) is 46.4 Å². The zero-order chi connectivity index (χ0) is 11.4. The third-order valence-electron chi connectivity index (χ3n) is 3.24. The van der Waals surface area contributed by atoms with Crippen LogP contribution in [0.4, 0.5) is 0 Å². The Kier molecular flexibility index (Phi) is 4.14. The summed E-state index contributed by atoms with van der Waals surface area (Å²) in [5, 5.41) is 0. The van der Waals surface area contributed by atoms with E-state index in [4.69, 9.17) is 0 Å². The molecule has 82 valence electrons. The molecule has 1 atom stereocenters. The van der Waals surface area contributed by atoms with Gasteiger partial charge < -0.3 is 0 Å². The molecule has 0 heteroatoms. The van der Waals surface area contributed by atoms with Gasteiger partial charge >= 0.3 is 0 Å². The van der Waals surface area contributed by atoms with E-state index in [1.165, 1.54) is 35.1 Å². The van der Waals surface area contributed by atoms with Crippen molar-refractivity contribution in [1.82, 2.24) is 0 Å². The van der Waals surface area contributed by atoms with Crippen LogP contribution < -0.4 is 0 Å². The van der Waals surface area contributed by atoms with Gasteiger partial charge in [-0.2, -0.15) is 0 Å². The van der Waals surface area contributed by atoms with Crippen LogP contribution >= 0.6 is 0 Å². The zero-order valence-corrected chi connectivity index (χ0v) is 10.4. The second-order valence-corrected chi connectivity index (χ2v) is 4.56. The minimum atomic E-state index is 0.755. The molecule has 0 aliphatic heterocycles. The summed E-state index contributed by atoms with van der Waals surface area (Å²) in [5.41, 5.74) is 5.50. The van der Waals surface area contributed by atoms with E-state index in [0.717, 1.165) is 5.92 Å². The predicted molar refractivity (Wildman–Crippen MR) is 69.2 cm³/mol. The first kappa shape index (κ1) is 12.0. The molecule has 1 aromatic rings. The molecule has 0 bridgehead atoms. The van der Waals surface area contributed by atoms with Crippen LogP contribution in [0, 0.1) is 19.8 Å². The second-order valence-electron chi connectivity index (χ2n) is 4.56. The van der Waals surface area contributed by atoms with Crippen LogP contribution in [-0.2, 0) is 6.42 Å². The lowest BCUT2D eigenvalue weighted by molar-refractivity contribution is 0.559. The number of rotatable bonds is 4. The van der Waals surface area contributed by atoms with Gasteiger partial charge in [0.25, 0.3) is 0 Å². The number of hydrogen-bond acceptors (Lipinski definition) is 0. The molecule has 0 amide bonds. The maximum Gasteiger partial charge on any atom is -0.0227 e. The van der Waals surface area contributed by atoms with Crippen LogP contribution in [0.2, 0.25) is 0 Å². The average molecular weight is 202 g/mol. The maximum absolute atomic E-state index is 3.90. The zero-order valence-electron chi connectivity index (χ0n) is 10.4. The third-order valence-corrected chi connectivity index (χ3v) is 3.24. The van der Waals surface area contributed by atoms with Gasteiger partial charge in [-0.25, -0.2) is 0 Å². The molecule has 0 saturated carbocycles. The van der Waals surface area contributed by atoms with Crippen LogP contribution in [0.5, 0.6) is 0 Å². The van der Waals surface area contributed by atoms with Gasteiger partial charge in [0.05, 0.1) is 0 Å². The van der Waals surface area contributed by atoms with Gasteiger partial charge in [-0.15, -0.1) is 0 Å². The van der Waals surface area contributed by atoms with E-state index in [9.17, 15) is 0 Å². The van der Waals surface area contributed by atoms with Gasteiger partial charge in [-0.1, -0.05) is 45.1 Å². The van der Waals surface area contributed by atoms with Gasteiger partial charge in [0, 0.05) is 0 Å². The quantitative estimate of drug-likeness (QED) is 0.672. The SMILES string of the molecule is C=Cc1cc(C)c(C)cc1CC(C)CC. The Morgan fingerprint density at radius 2 is 1.87 bits per heavy atom. The molecule has 1 aromatic carbocycles. The van der Waals surface area contributed by atoms with Crippen molar-refractivity contribution in [2.24, 2.45) is 5.92 Å². The molecule has 0 saturated heterocycles. The van der Waals surface area contributed by atoms with E-state index in [-0.39, 0.29) is 0 Å². The molecule has 0 aliphatic rings. The standard InChI is InChI=1S/C15H22/c1-6-11(3)8-15-10-13(5)12(4)9-14(15)7-2/h7,9-11H,2,6,8H2,1,3-5H3. The highest BCUT2D eigenvalue weighted by molar-refractivity contribution is 5.55. The second kappa shape index (κ2) is 5.16. The molecule has 0 aromatic heterocycles. The summed E-state index contributed by atoms with van der Waals surface area (Å²) in [4.78, 5) is 0. The van der Waals surface area contributed by atoms with Gasteiger partial charge in [-0.05, 0) is 48.4 Å². The van der Waals surface area contributed by atoms with Crippen LogP contribution in [0.15, 0.2) is 18.7 Å². The third kappa shape index (κ3) is 2.95. The van der Waals surface area contributed by atoms with Crippen molar-refractivity contribution in [1.29, 1.82) is 0 Å². The highest BCUT2D eigenvalue weighted by Gasteiger charge is 2.06. The van der Waals surface area contributed by atoms with Crippen LogP contribution in [-0.4, -0.2) is 0 Å². The average Bonchev–Trinajstić information content (AvgIpc) is 2.22. The largest absolute Gasteiger partial charge is 0.0985 e. The van der Waals surface area contributed by atoms with Crippen molar-refractivity contribution in [2.75, 3.05) is 0 Å². The molecule has 0 spiro atoms. The van der Waals surface area contributed by atoms with E-state index < -0.39 is 0 Å². The molecule has 1 rings (SSSR count). The molecule has 0 radical (unpaired) electrons. The summed E-state index contributed by atoms with van der Waals surface area (Å²) in [6, 6.07) is 4.57. The van der Waals surface area contributed by atoms with Crippen molar-refractivity contribution < 1.29 is 0 Å². The van der Waals surface area contributed by atoms with Crippen LogP contribution in [0.3, 0.4) is 0 Å². The minimum Gasteiger partial charge on any atom is -0.0985 e. The van der Waals surface area contributed by atoms with Crippen molar-refractivity contribution in [3.63, 3.8) is 0 Å². The first-order valence-corrected chi connectivity index (χ1v) is 5.81. The Morgan fingerprint density at radius 3 is 2.40 bits per heavy atom. The number of hydrogen-bond donors (Lipinski definition) is 0. The molecular formula is C15H22. The fourth-order valence-electron chi connectivity index (χ4n) is 1.78. The highest BCUT2D eigenvalue weighted by Crippen LogP contribution is 2.21. The molecule has 0 N–H and O–H groups in total. The number of aryl methyl sites for hydroxylation is 2. The first-order valence-electron chi connectivity index (χ1n) is 5.81. The summed E-state index contributed by atoms with van der Waals surface area (Å²) in [6.45, 7) is 12.8. The predicted octanol–water partition coefficient (Wildman–Crippen LogP) is 4.54. The summed E-state index contributed by atoms with van der Waals surface area (Å²) in [5.74, 6) is 0.755. The molecule has 0 aliphatic carbocycles. The van der Waals surface area contributed by atoms with Crippen molar-refractivity contribution in [2.45, 2.75) is 40.5 Å². The Hall–Kier alpha value is -1.04. The molecule has 15 heavy (non-hydrogen) atoms. The normalized spacial score (nSPS) is 12.5. The number of benzene rings is 1. The van der Waals surface area contributed by atoms with Gasteiger partial charge in [-0.3, -0.25) is 0 Å². The van der Waals surface area contributed by atoms with Crippen molar-refractivity contribution in [3.8, 4) is 0 Å². The molecular weight excluding hydrogens is 180 g/mol. The summed E-state index contributed by atoms with van der Waals surface area (Å²) >= 11 is 0. The fraction of sp³-hybridized carbons (Fsp3) is 0.467. The monoisotopic (exact) mass is 202 g/mol. The fourth-order valence-corrected chi connectivity index (χ4v) is 1.78. The minimum absolute atomic E-state index is 0.755. The Balaban J connectivity index is 3.04. The maximum atomic E-state index is 3.90. The van der Waals surface area contributed by atoms with Gasteiger partial charge in [0.2, 0.25) is 0 Å². The lowest BCUT2D eigenvalue weighted by Gasteiger charge is -2.13. The van der Waals surface area contributed by atoms with E-state index in [1.54, 1.807) is 0 Å². The van der Waals surface area contributed by atoms with E-state index >= 15 is 0 Å². The lowest BCUT2D eigenvalue weighted by Crippen LogP contribution is -2.01. The molecule has 0 heterocycles. The molecule has 1 unspecified atom stereocenters. The van der Waals surface area contributed by atoms with Crippen LogP contribution in [0.1, 0.15) is 42.5 Å². The first-order chi connectivity index (χ1) is 7.08. The molecule has 0 fully saturated rings. The Bertz CT molecular complexity index is 347.